The van der Waals surface area contributed by atoms with Crippen LogP contribution in [-0.4, -0.2) is 17.1 Å². The molecule has 0 bridgehead atoms. The van der Waals surface area contributed by atoms with Gasteiger partial charge >= 0.3 is 5.97 Å². The zero-order chi connectivity index (χ0) is 12.1. The smallest absolute Gasteiger partial charge is 0.338 e. The van der Waals surface area contributed by atoms with Crippen molar-refractivity contribution >= 4 is 17.6 Å². The first-order valence-electron chi connectivity index (χ1n) is 5.31. The molecule has 0 aliphatic rings. The first-order chi connectivity index (χ1) is 7.49. The molecule has 4 heteroatoms. The van der Waals surface area contributed by atoms with E-state index in [0.29, 0.717) is 16.6 Å². The molecule has 0 spiro atoms. The van der Waals surface area contributed by atoms with Crippen molar-refractivity contribution in [2.24, 2.45) is 5.92 Å². The minimum atomic E-state index is -0.350. The van der Waals surface area contributed by atoms with Crippen molar-refractivity contribution in [2.45, 2.75) is 33.3 Å². The topological polar surface area (TPSA) is 39.2 Å². The molecule has 1 heterocycles. The van der Waals surface area contributed by atoms with E-state index in [1.54, 1.807) is 6.07 Å². The van der Waals surface area contributed by atoms with Crippen molar-refractivity contribution < 1.29 is 9.53 Å². The van der Waals surface area contributed by atoms with E-state index in [-0.39, 0.29) is 12.1 Å². The zero-order valence-electron chi connectivity index (χ0n) is 9.74. The lowest BCUT2D eigenvalue weighted by Gasteiger charge is -2.15. The van der Waals surface area contributed by atoms with Crippen molar-refractivity contribution in [3.05, 3.63) is 29.0 Å². The van der Waals surface area contributed by atoms with E-state index in [1.807, 2.05) is 6.92 Å². The third kappa shape index (κ3) is 4.19. The van der Waals surface area contributed by atoms with Crippen molar-refractivity contribution in [1.82, 2.24) is 4.98 Å². The van der Waals surface area contributed by atoms with E-state index in [2.05, 4.69) is 18.8 Å². The molecule has 0 saturated heterocycles. The van der Waals surface area contributed by atoms with E-state index < -0.39 is 0 Å². The average Bonchev–Trinajstić information content (AvgIpc) is 2.16. The zero-order valence-corrected chi connectivity index (χ0v) is 10.5. The maximum absolute atomic E-state index is 11.7. The van der Waals surface area contributed by atoms with Gasteiger partial charge in [-0.25, -0.2) is 9.78 Å². The Bertz CT molecular complexity index is 366. The van der Waals surface area contributed by atoms with E-state index in [4.69, 9.17) is 16.3 Å². The van der Waals surface area contributed by atoms with Gasteiger partial charge in [0.1, 0.15) is 5.15 Å². The lowest BCUT2D eigenvalue weighted by molar-refractivity contribution is 0.0299. The maximum atomic E-state index is 11.7. The summed E-state index contributed by atoms with van der Waals surface area (Å²) in [7, 11) is 0. The average molecular weight is 242 g/mol. The summed E-state index contributed by atoms with van der Waals surface area (Å²) >= 11 is 5.69. The Morgan fingerprint density at radius 3 is 2.75 bits per heavy atom. The molecule has 0 amide bonds. The Labute approximate surface area is 101 Å². The predicted molar refractivity (Wildman–Crippen MR) is 63.6 cm³/mol. The minimum absolute atomic E-state index is 0.0839. The summed E-state index contributed by atoms with van der Waals surface area (Å²) in [6.45, 7) is 6.07. The lowest BCUT2D eigenvalue weighted by atomic mass is 10.1. The Hall–Kier alpha value is -1.09. The number of esters is 1. The summed E-state index contributed by atoms with van der Waals surface area (Å²) in [4.78, 5) is 15.5. The van der Waals surface area contributed by atoms with Crippen molar-refractivity contribution in [1.29, 1.82) is 0 Å². The van der Waals surface area contributed by atoms with Gasteiger partial charge in [0.15, 0.2) is 0 Å². The number of aromatic nitrogens is 1. The highest BCUT2D eigenvalue weighted by Crippen LogP contribution is 2.12. The first-order valence-corrected chi connectivity index (χ1v) is 5.69. The molecule has 1 aromatic heterocycles. The maximum Gasteiger partial charge on any atom is 0.338 e. The van der Waals surface area contributed by atoms with Crippen molar-refractivity contribution in [2.75, 3.05) is 0 Å². The van der Waals surface area contributed by atoms with Gasteiger partial charge in [0.05, 0.1) is 11.7 Å². The highest BCUT2D eigenvalue weighted by atomic mass is 35.5. The standard InChI is InChI=1S/C12H16ClNO2/c1-8(2)6-9(3)16-12(15)10-4-5-14-11(13)7-10/h4-5,7-9H,6H2,1-3H3. The van der Waals surface area contributed by atoms with Crippen LogP contribution < -0.4 is 0 Å². The molecule has 0 fully saturated rings. The van der Waals surface area contributed by atoms with E-state index >= 15 is 0 Å². The third-order valence-electron chi connectivity index (χ3n) is 2.07. The molecule has 16 heavy (non-hydrogen) atoms. The largest absolute Gasteiger partial charge is 0.459 e. The number of pyridine rings is 1. The van der Waals surface area contributed by atoms with Gasteiger partial charge in [0, 0.05) is 6.20 Å². The molecule has 1 unspecified atom stereocenters. The Morgan fingerprint density at radius 1 is 1.50 bits per heavy atom. The van der Waals surface area contributed by atoms with Crippen LogP contribution in [0.1, 0.15) is 37.6 Å². The molecule has 0 N–H and O–H groups in total. The van der Waals surface area contributed by atoms with Crippen LogP contribution in [0.3, 0.4) is 0 Å². The summed E-state index contributed by atoms with van der Waals surface area (Å²) in [6.07, 6.45) is 2.26. The molecule has 0 saturated carbocycles. The molecule has 3 nitrogen and oxygen atoms in total. The number of hydrogen-bond donors (Lipinski definition) is 0. The lowest BCUT2D eigenvalue weighted by Crippen LogP contribution is -2.17. The highest BCUT2D eigenvalue weighted by Gasteiger charge is 2.13. The van der Waals surface area contributed by atoms with Gasteiger partial charge in [-0.2, -0.15) is 0 Å². The number of nitrogens with zero attached hydrogens (tertiary/aromatic N) is 1. The molecule has 0 radical (unpaired) electrons. The van der Waals surface area contributed by atoms with Crippen LogP contribution in [-0.2, 0) is 4.74 Å². The van der Waals surface area contributed by atoms with Crippen LogP contribution in [0.15, 0.2) is 18.3 Å². The molecule has 0 aliphatic heterocycles. The predicted octanol–water partition coefficient (Wildman–Crippen LogP) is 3.33. The fourth-order valence-corrected chi connectivity index (χ4v) is 1.67. The van der Waals surface area contributed by atoms with Crippen molar-refractivity contribution in [3.63, 3.8) is 0 Å². The van der Waals surface area contributed by atoms with Gasteiger partial charge in [0.2, 0.25) is 0 Å². The second-order valence-corrected chi connectivity index (χ2v) is 4.60. The molecule has 0 aromatic carbocycles. The monoisotopic (exact) mass is 241 g/mol. The van der Waals surface area contributed by atoms with E-state index in [1.165, 1.54) is 12.3 Å². The fraction of sp³-hybridized carbons (Fsp3) is 0.500. The van der Waals surface area contributed by atoms with E-state index in [9.17, 15) is 4.79 Å². The second-order valence-electron chi connectivity index (χ2n) is 4.21. The van der Waals surface area contributed by atoms with Gasteiger partial charge in [-0.1, -0.05) is 25.4 Å². The van der Waals surface area contributed by atoms with Gasteiger partial charge in [-0.05, 0) is 31.4 Å². The van der Waals surface area contributed by atoms with Crippen LogP contribution in [0, 0.1) is 5.92 Å². The van der Waals surface area contributed by atoms with Crippen molar-refractivity contribution in [3.8, 4) is 0 Å². The first kappa shape index (κ1) is 13.0. The van der Waals surface area contributed by atoms with Gasteiger partial charge in [-0.15, -0.1) is 0 Å². The molecular formula is C12H16ClNO2. The summed E-state index contributed by atoms with van der Waals surface area (Å²) in [5.74, 6) is 0.154. The molecule has 0 aliphatic carbocycles. The number of carbonyl (C=O) groups excluding carboxylic acids is 1. The molecular weight excluding hydrogens is 226 g/mol. The summed E-state index contributed by atoms with van der Waals surface area (Å²) < 4.78 is 5.28. The number of carbonyl (C=O) groups is 1. The van der Waals surface area contributed by atoms with Crippen LogP contribution in [0.5, 0.6) is 0 Å². The number of rotatable bonds is 4. The quantitative estimate of drug-likeness (QED) is 0.600. The summed E-state index contributed by atoms with van der Waals surface area (Å²) in [6, 6.07) is 3.10. The third-order valence-corrected chi connectivity index (χ3v) is 2.28. The Balaban J connectivity index is 2.59. The van der Waals surface area contributed by atoms with Crippen LogP contribution >= 0.6 is 11.6 Å². The van der Waals surface area contributed by atoms with Crippen LogP contribution in [0.4, 0.5) is 0 Å². The number of halogens is 1. The second kappa shape index (κ2) is 5.85. The summed E-state index contributed by atoms with van der Waals surface area (Å²) in [5, 5.41) is 0.297. The molecule has 1 atom stereocenters. The van der Waals surface area contributed by atoms with Crippen LogP contribution in [0.25, 0.3) is 0 Å². The molecule has 1 aromatic rings. The van der Waals surface area contributed by atoms with E-state index in [0.717, 1.165) is 6.42 Å². The number of ether oxygens (including phenoxy) is 1. The Morgan fingerprint density at radius 2 is 2.19 bits per heavy atom. The van der Waals surface area contributed by atoms with Gasteiger partial charge in [0.25, 0.3) is 0 Å². The van der Waals surface area contributed by atoms with Gasteiger partial charge in [-0.3, -0.25) is 0 Å². The Kier molecular flexibility index (Phi) is 4.74. The van der Waals surface area contributed by atoms with Gasteiger partial charge < -0.3 is 4.74 Å². The molecule has 1 rings (SSSR count). The van der Waals surface area contributed by atoms with Crippen LogP contribution in [0.2, 0.25) is 5.15 Å². The molecule has 88 valence electrons. The number of hydrogen-bond acceptors (Lipinski definition) is 3. The fourth-order valence-electron chi connectivity index (χ4n) is 1.49. The highest BCUT2D eigenvalue weighted by molar-refractivity contribution is 6.29. The normalized spacial score (nSPS) is 12.6. The summed E-state index contributed by atoms with van der Waals surface area (Å²) in [5.41, 5.74) is 0.440. The SMILES string of the molecule is CC(C)CC(C)OC(=O)c1ccnc(Cl)c1. The minimum Gasteiger partial charge on any atom is -0.459 e.